The Balaban J connectivity index is 1.77. The maximum absolute atomic E-state index is 14.0. The molecule has 0 atom stereocenters. The second-order valence-electron chi connectivity index (χ2n) is 8.21. The first-order valence-electron chi connectivity index (χ1n) is 10.3. The molecule has 0 fully saturated rings. The summed E-state index contributed by atoms with van der Waals surface area (Å²) in [6, 6.07) is 4.33. The van der Waals surface area contributed by atoms with Gasteiger partial charge in [-0.15, -0.1) is 5.10 Å². The number of aromatic nitrogens is 7. The topological polar surface area (TPSA) is 80.8 Å². The van der Waals surface area contributed by atoms with E-state index < -0.39 is 17.6 Å². The highest BCUT2D eigenvalue weighted by Gasteiger charge is 2.31. The van der Waals surface area contributed by atoms with Gasteiger partial charge in [0.25, 0.3) is 5.95 Å². The first kappa shape index (κ1) is 23.4. The van der Waals surface area contributed by atoms with E-state index in [0.29, 0.717) is 23.0 Å². The molecule has 0 aliphatic rings. The largest absolute Gasteiger partial charge is 0.416 e. The van der Waals surface area contributed by atoms with E-state index in [2.05, 4.69) is 20.4 Å². The molecule has 3 heterocycles. The fourth-order valence-electron chi connectivity index (χ4n) is 3.69. The molecule has 180 valence electrons. The summed E-state index contributed by atoms with van der Waals surface area (Å²) in [6.45, 7) is 1.96. The number of rotatable bonds is 6. The van der Waals surface area contributed by atoms with E-state index >= 15 is 0 Å². The molecule has 0 saturated heterocycles. The number of hydrogen-bond acceptors (Lipinski definition) is 7. The predicted molar refractivity (Wildman–Crippen MR) is 118 cm³/mol. The zero-order valence-corrected chi connectivity index (χ0v) is 19.3. The van der Waals surface area contributed by atoms with E-state index in [-0.39, 0.29) is 24.6 Å². The van der Waals surface area contributed by atoms with Gasteiger partial charge in [0.05, 0.1) is 19.2 Å². The van der Waals surface area contributed by atoms with Crippen molar-refractivity contribution in [2.24, 2.45) is 14.1 Å². The third-order valence-electron chi connectivity index (χ3n) is 5.35. The van der Waals surface area contributed by atoms with Crippen LogP contribution in [0.3, 0.4) is 0 Å². The van der Waals surface area contributed by atoms with Crippen LogP contribution >= 0.6 is 0 Å². The summed E-state index contributed by atoms with van der Waals surface area (Å²) in [4.78, 5) is 14.0. The van der Waals surface area contributed by atoms with Crippen molar-refractivity contribution in [3.05, 3.63) is 52.6 Å². The lowest BCUT2D eigenvalue weighted by atomic mass is 10.1. The van der Waals surface area contributed by atoms with E-state index in [0.717, 1.165) is 23.5 Å². The van der Waals surface area contributed by atoms with Gasteiger partial charge in [-0.25, -0.2) is 14.4 Å². The molecule has 3 aromatic heterocycles. The van der Waals surface area contributed by atoms with Crippen LogP contribution in [0.5, 0.6) is 0 Å². The number of fused-ring (bicyclic) bond motifs is 1. The van der Waals surface area contributed by atoms with Crippen LogP contribution in [0.1, 0.15) is 22.5 Å². The van der Waals surface area contributed by atoms with Gasteiger partial charge in [-0.1, -0.05) is 5.10 Å². The number of aryl methyl sites for hydroxylation is 3. The monoisotopic (exact) mass is 477 g/mol. The van der Waals surface area contributed by atoms with Crippen molar-refractivity contribution in [1.29, 1.82) is 0 Å². The summed E-state index contributed by atoms with van der Waals surface area (Å²) in [5.41, 5.74) is 1.19. The van der Waals surface area contributed by atoms with E-state index in [1.165, 1.54) is 4.80 Å². The van der Waals surface area contributed by atoms with Crippen molar-refractivity contribution < 1.29 is 17.6 Å². The van der Waals surface area contributed by atoms with Crippen molar-refractivity contribution in [1.82, 2.24) is 34.7 Å². The number of imidazole rings is 1. The van der Waals surface area contributed by atoms with Crippen LogP contribution in [0.15, 0.2) is 24.3 Å². The van der Waals surface area contributed by atoms with Gasteiger partial charge in [-0.05, 0) is 42.0 Å². The SMILES string of the molecule is Cc1nc2cc(CN(Cc3cc(F)cc(C(F)(F)F)c3)c3nnn(C)n3)c(N(C)C)nc2n1C. The summed E-state index contributed by atoms with van der Waals surface area (Å²) in [5, 5.41) is 12.1. The van der Waals surface area contributed by atoms with E-state index in [9.17, 15) is 17.6 Å². The number of halogens is 4. The Morgan fingerprint density at radius 1 is 1.00 bits per heavy atom. The maximum Gasteiger partial charge on any atom is 0.416 e. The maximum atomic E-state index is 14.0. The average molecular weight is 477 g/mol. The van der Waals surface area contributed by atoms with Crippen LogP contribution < -0.4 is 9.80 Å². The van der Waals surface area contributed by atoms with Crippen LogP contribution in [-0.4, -0.2) is 48.8 Å². The van der Waals surface area contributed by atoms with E-state index in [1.807, 2.05) is 43.6 Å². The Kier molecular flexibility index (Phi) is 5.87. The number of alkyl halides is 3. The number of tetrazole rings is 1. The average Bonchev–Trinajstić information content (AvgIpc) is 3.28. The normalized spacial score (nSPS) is 11.9. The van der Waals surface area contributed by atoms with E-state index in [1.54, 1.807) is 11.9 Å². The fraction of sp³-hybridized carbons (Fsp3) is 0.381. The van der Waals surface area contributed by atoms with Crippen molar-refractivity contribution in [2.75, 3.05) is 23.9 Å². The molecule has 9 nitrogen and oxygen atoms in total. The van der Waals surface area contributed by atoms with Crippen LogP contribution in [0.2, 0.25) is 0 Å². The summed E-state index contributed by atoms with van der Waals surface area (Å²) >= 11 is 0. The second kappa shape index (κ2) is 8.54. The molecule has 0 aliphatic carbocycles. The Hall–Kier alpha value is -3.77. The van der Waals surface area contributed by atoms with Crippen molar-refractivity contribution >= 4 is 22.9 Å². The molecule has 0 radical (unpaired) electrons. The molecule has 0 amide bonds. The third-order valence-corrected chi connectivity index (χ3v) is 5.35. The van der Waals surface area contributed by atoms with Crippen LogP contribution in [0.25, 0.3) is 11.2 Å². The molecule has 0 unspecified atom stereocenters. The first-order chi connectivity index (χ1) is 15.9. The molecule has 34 heavy (non-hydrogen) atoms. The fourth-order valence-corrected chi connectivity index (χ4v) is 3.69. The van der Waals surface area contributed by atoms with Crippen LogP contribution in [-0.2, 0) is 33.4 Å². The lowest BCUT2D eigenvalue weighted by molar-refractivity contribution is -0.137. The molecule has 0 aliphatic heterocycles. The summed E-state index contributed by atoms with van der Waals surface area (Å²) in [5.74, 6) is 0.649. The van der Waals surface area contributed by atoms with Gasteiger partial charge in [-0.2, -0.15) is 18.0 Å². The summed E-state index contributed by atoms with van der Waals surface area (Å²) in [6.07, 6.45) is -4.67. The molecule has 1 aromatic carbocycles. The summed E-state index contributed by atoms with van der Waals surface area (Å²) in [7, 11) is 7.13. The van der Waals surface area contributed by atoms with Gasteiger partial charge in [0.1, 0.15) is 23.0 Å². The van der Waals surface area contributed by atoms with Crippen LogP contribution in [0.4, 0.5) is 29.3 Å². The highest BCUT2D eigenvalue weighted by Crippen LogP contribution is 2.31. The number of nitrogens with zero attached hydrogens (tertiary/aromatic N) is 9. The van der Waals surface area contributed by atoms with Crippen LogP contribution in [0, 0.1) is 12.7 Å². The number of benzene rings is 1. The third kappa shape index (κ3) is 4.63. The molecular formula is C21H23F4N9. The van der Waals surface area contributed by atoms with Gasteiger partial charge in [0, 0.05) is 33.3 Å². The highest BCUT2D eigenvalue weighted by molar-refractivity contribution is 5.76. The zero-order chi connectivity index (χ0) is 24.8. The lowest BCUT2D eigenvalue weighted by Crippen LogP contribution is -2.26. The zero-order valence-electron chi connectivity index (χ0n) is 19.3. The highest BCUT2D eigenvalue weighted by atomic mass is 19.4. The molecule has 0 bridgehead atoms. The predicted octanol–water partition coefficient (Wildman–Crippen LogP) is 3.23. The smallest absolute Gasteiger partial charge is 0.362 e. The quantitative estimate of drug-likeness (QED) is 0.395. The Bertz CT molecular complexity index is 1340. The van der Waals surface area contributed by atoms with Gasteiger partial charge in [-0.3, -0.25) is 0 Å². The molecular weight excluding hydrogens is 454 g/mol. The minimum absolute atomic E-state index is 0.0846. The molecule has 4 rings (SSSR count). The molecule has 13 heteroatoms. The van der Waals surface area contributed by atoms with Crippen molar-refractivity contribution in [3.63, 3.8) is 0 Å². The summed E-state index contributed by atoms with van der Waals surface area (Å²) < 4.78 is 55.6. The van der Waals surface area contributed by atoms with Gasteiger partial charge >= 0.3 is 6.18 Å². The molecule has 0 spiro atoms. The van der Waals surface area contributed by atoms with Gasteiger partial charge in [0.2, 0.25) is 0 Å². The first-order valence-corrected chi connectivity index (χ1v) is 10.3. The Morgan fingerprint density at radius 3 is 2.35 bits per heavy atom. The van der Waals surface area contributed by atoms with E-state index in [4.69, 9.17) is 4.98 Å². The number of hydrogen-bond donors (Lipinski definition) is 0. The minimum atomic E-state index is -4.67. The number of pyridine rings is 1. The second-order valence-corrected chi connectivity index (χ2v) is 8.21. The van der Waals surface area contributed by atoms with Crippen molar-refractivity contribution in [3.8, 4) is 0 Å². The minimum Gasteiger partial charge on any atom is -0.362 e. The van der Waals surface area contributed by atoms with Gasteiger partial charge < -0.3 is 14.4 Å². The molecule has 0 saturated carbocycles. The molecule has 4 aromatic rings. The standard InChI is InChI=1S/C21H23F4N9/c1-12-26-17-8-14(18(31(2)3)27-19(17)32(12)4)11-34(20-28-30-33(5)29-20)10-13-6-15(21(23,24)25)9-16(22)7-13/h6-9H,10-11H2,1-5H3. The number of anilines is 2. The molecule has 0 N–H and O–H groups in total. The van der Waals surface area contributed by atoms with Crippen molar-refractivity contribution in [2.45, 2.75) is 26.2 Å². The Morgan fingerprint density at radius 2 is 1.74 bits per heavy atom. The Labute approximate surface area is 192 Å². The lowest BCUT2D eigenvalue weighted by Gasteiger charge is -2.24. The van der Waals surface area contributed by atoms with Gasteiger partial charge in [0.15, 0.2) is 5.65 Å².